The summed E-state index contributed by atoms with van der Waals surface area (Å²) in [6, 6.07) is 0. The van der Waals surface area contributed by atoms with Crippen molar-refractivity contribution in [3.05, 3.63) is 0 Å². The molecule has 0 amide bonds. The summed E-state index contributed by atoms with van der Waals surface area (Å²) in [7, 11) is -0.927. The van der Waals surface area contributed by atoms with E-state index in [1.54, 1.807) is 45.4 Å². The predicted molar refractivity (Wildman–Crippen MR) is 118 cm³/mol. The van der Waals surface area contributed by atoms with Gasteiger partial charge < -0.3 is 4.74 Å². The molecule has 0 radical (unpaired) electrons. The molecule has 0 aromatic heterocycles. The van der Waals surface area contributed by atoms with Crippen molar-refractivity contribution in [3.8, 4) is 0 Å². The fraction of sp³-hybridized carbons (Fsp3) is 0.958. The topological polar surface area (TPSA) is 26.3 Å². The van der Waals surface area contributed by atoms with E-state index in [-0.39, 0.29) is 5.97 Å². The molecule has 0 atom stereocenters. The third kappa shape index (κ3) is 5.71. The van der Waals surface area contributed by atoms with E-state index in [1.807, 2.05) is 0 Å². The van der Waals surface area contributed by atoms with Crippen molar-refractivity contribution in [2.45, 2.75) is 133 Å². The van der Waals surface area contributed by atoms with Gasteiger partial charge in [-0.05, 0) is 89.9 Å². The average molecular weight is 396 g/mol. The zero-order chi connectivity index (χ0) is 19.0. The second-order valence-corrected chi connectivity index (χ2v) is 14.3. The van der Waals surface area contributed by atoms with Crippen molar-refractivity contribution in [1.29, 1.82) is 0 Å². The molecule has 3 aliphatic rings. The van der Waals surface area contributed by atoms with Crippen molar-refractivity contribution in [2.75, 3.05) is 12.8 Å². The van der Waals surface area contributed by atoms with Crippen LogP contribution in [0.3, 0.4) is 0 Å². The predicted octanol–water partition coefficient (Wildman–Crippen LogP) is 7.35. The molecular formula is C24H44O2P+. The highest BCUT2D eigenvalue weighted by Crippen LogP contribution is 2.77. The molecule has 0 bridgehead atoms. The van der Waals surface area contributed by atoms with Gasteiger partial charge in [-0.1, -0.05) is 19.3 Å². The third-order valence-corrected chi connectivity index (χ3v) is 14.7. The maximum atomic E-state index is 11.1. The molecule has 3 aliphatic carbocycles. The Kier molecular flexibility index (Phi) is 8.95. The van der Waals surface area contributed by atoms with Crippen LogP contribution in [0, 0.1) is 0 Å². The van der Waals surface area contributed by atoms with Gasteiger partial charge in [0.1, 0.15) is 0 Å². The minimum Gasteiger partial charge on any atom is -0.466 e. The number of hydrogen-bond acceptors (Lipinski definition) is 2. The van der Waals surface area contributed by atoms with Gasteiger partial charge in [-0.15, -0.1) is 0 Å². The molecule has 0 aromatic carbocycles. The van der Waals surface area contributed by atoms with E-state index in [1.165, 1.54) is 70.4 Å². The highest BCUT2D eigenvalue weighted by Gasteiger charge is 2.56. The number of unbranched alkanes of at least 4 members (excludes halogenated alkanes) is 1. The smallest absolute Gasteiger partial charge is 0.302 e. The highest BCUT2D eigenvalue weighted by molar-refractivity contribution is 7.77. The van der Waals surface area contributed by atoms with Crippen LogP contribution in [0.15, 0.2) is 0 Å². The van der Waals surface area contributed by atoms with Crippen LogP contribution in [-0.2, 0) is 9.53 Å². The van der Waals surface area contributed by atoms with Crippen LogP contribution in [-0.4, -0.2) is 35.7 Å². The van der Waals surface area contributed by atoms with E-state index in [4.69, 9.17) is 4.74 Å². The number of hydrogen-bond donors (Lipinski definition) is 0. The van der Waals surface area contributed by atoms with Crippen LogP contribution >= 0.6 is 7.26 Å². The molecule has 3 rings (SSSR count). The molecule has 0 heterocycles. The maximum Gasteiger partial charge on any atom is 0.302 e. The lowest BCUT2D eigenvalue weighted by Gasteiger charge is -2.49. The molecule has 0 unspecified atom stereocenters. The molecule has 3 saturated carbocycles. The summed E-state index contributed by atoms with van der Waals surface area (Å²) < 4.78 is 5.27. The Morgan fingerprint density at radius 2 is 1.11 bits per heavy atom. The molecule has 156 valence electrons. The quantitative estimate of drug-likeness (QED) is 0.244. The lowest BCUT2D eigenvalue weighted by atomic mass is 9.99. The molecule has 0 aromatic rings. The lowest BCUT2D eigenvalue weighted by Crippen LogP contribution is -2.37. The summed E-state index contributed by atoms with van der Waals surface area (Å²) in [6.45, 7) is 2.19. The first kappa shape index (κ1) is 21.6. The van der Waals surface area contributed by atoms with Gasteiger partial charge in [-0.3, -0.25) is 4.79 Å². The Hall–Kier alpha value is -0.100. The van der Waals surface area contributed by atoms with E-state index < -0.39 is 7.26 Å². The Bertz CT molecular complexity index is 386. The molecule has 3 heteroatoms. The highest BCUT2D eigenvalue weighted by atomic mass is 31.2. The minimum absolute atomic E-state index is 0.108. The molecule has 3 fully saturated rings. The van der Waals surface area contributed by atoms with Crippen molar-refractivity contribution in [3.63, 3.8) is 0 Å². The number of esters is 1. The van der Waals surface area contributed by atoms with Gasteiger partial charge in [-0.2, -0.15) is 0 Å². The van der Waals surface area contributed by atoms with E-state index in [0.717, 1.165) is 23.4 Å². The number of rotatable bonds is 8. The normalized spacial score (nSPS) is 24.0. The molecule has 0 N–H and O–H groups in total. The summed E-state index contributed by atoms with van der Waals surface area (Å²) >= 11 is 0. The molecule has 0 aliphatic heterocycles. The summed E-state index contributed by atoms with van der Waals surface area (Å²) in [5.41, 5.74) is 3.27. The molecule has 27 heavy (non-hydrogen) atoms. The summed E-state index contributed by atoms with van der Waals surface area (Å²) in [6.07, 6.45) is 26.7. The van der Waals surface area contributed by atoms with Crippen LogP contribution in [0.5, 0.6) is 0 Å². The maximum absolute atomic E-state index is 11.1. The Morgan fingerprint density at radius 1 is 0.704 bits per heavy atom. The zero-order valence-corrected chi connectivity index (χ0v) is 18.8. The summed E-state index contributed by atoms with van der Waals surface area (Å²) in [5, 5.41) is 0. The van der Waals surface area contributed by atoms with Crippen LogP contribution < -0.4 is 0 Å². The Balaban J connectivity index is 1.77. The first-order valence-corrected chi connectivity index (χ1v) is 14.4. The van der Waals surface area contributed by atoms with Gasteiger partial charge in [0, 0.05) is 14.2 Å². The number of carbonyl (C=O) groups is 1. The molecular weight excluding hydrogens is 351 g/mol. The lowest BCUT2D eigenvalue weighted by molar-refractivity contribution is -0.141. The van der Waals surface area contributed by atoms with Gasteiger partial charge in [0.05, 0.1) is 29.7 Å². The van der Waals surface area contributed by atoms with E-state index >= 15 is 0 Å². The second-order valence-electron chi connectivity index (χ2n) is 9.64. The van der Waals surface area contributed by atoms with Crippen molar-refractivity contribution >= 4 is 13.2 Å². The molecule has 0 spiro atoms. The Labute approximate surface area is 168 Å². The average Bonchev–Trinajstić information content (AvgIpc) is 2.73. The monoisotopic (exact) mass is 395 g/mol. The zero-order valence-electron chi connectivity index (χ0n) is 17.9. The summed E-state index contributed by atoms with van der Waals surface area (Å²) in [4.78, 5) is 11.1. The van der Waals surface area contributed by atoms with Crippen molar-refractivity contribution in [2.24, 2.45) is 0 Å². The van der Waals surface area contributed by atoms with Crippen molar-refractivity contribution in [1.82, 2.24) is 0 Å². The summed E-state index contributed by atoms with van der Waals surface area (Å²) in [5.74, 6) is -0.108. The fourth-order valence-electron chi connectivity index (χ4n) is 6.83. The van der Waals surface area contributed by atoms with Crippen LogP contribution in [0.25, 0.3) is 0 Å². The van der Waals surface area contributed by atoms with Crippen molar-refractivity contribution < 1.29 is 9.53 Å². The van der Waals surface area contributed by atoms with Crippen LogP contribution in [0.1, 0.15) is 116 Å². The molecule has 0 saturated heterocycles. The largest absolute Gasteiger partial charge is 0.466 e. The second kappa shape index (κ2) is 11.2. The van der Waals surface area contributed by atoms with Gasteiger partial charge >= 0.3 is 5.97 Å². The number of carbonyl (C=O) groups excluding carboxylic acids is 1. The van der Waals surface area contributed by atoms with E-state index in [9.17, 15) is 4.79 Å². The first-order valence-electron chi connectivity index (χ1n) is 12.2. The van der Waals surface area contributed by atoms with E-state index in [2.05, 4.69) is 0 Å². The molecule has 2 nitrogen and oxygen atoms in total. The van der Waals surface area contributed by atoms with E-state index in [0.29, 0.717) is 6.61 Å². The van der Waals surface area contributed by atoms with Crippen LogP contribution in [0.4, 0.5) is 0 Å². The van der Waals surface area contributed by atoms with Gasteiger partial charge in [0.15, 0.2) is 0 Å². The van der Waals surface area contributed by atoms with Gasteiger partial charge in [-0.25, -0.2) is 0 Å². The fourth-order valence-corrected chi connectivity index (χ4v) is 14.5. The third-order valence-electron chi connectivity index (χ3n) is 8.01. The SMILES string of the molecule is CC(=O)OCCCC[P+](C1CCCCC1)(C1CCCCC1)C1CCCCC1. The van der Waals surface area contributed by atoms with Crippen LogP contribution in [0.2, 0.25) is 0 Å². The first-order chi connectivity index (χ1) is 13.2. The standard InChI is InChI=1S/C24H44O2P/c1-21(25)26-19-11-12-20-27(22-13-5-2-6-14-22,23-15-7-3-8-16-23)24-17-9-4-10-18-24/h22-24H,2-20H2,1H3/q+1. The Morgan fingerprint density at radius 3 is 1.48 bits per heavy atom. The van der Waals surface area contributed by atoms with Gasteiger partial charge in [0.25, 0.3) is 0 Å². The number of ether oxygens (including phenoxy) is 1. The minimum atomic E-state index is -0.927. The van der Waals surface area contributed by atoms with Gasteiger partial charge in [0.2, 0.25) is 0 Å².